The van der Waals surface area contributed by atoms with Gasteiger partial charge in [-0.2, -0.15) is 0 Å². The number of thiazole rings is 1. The summed E-state index contributed by atoms with van der Waals surface area (Å²) < 4.78 is 2.27. The van der Waals surface area contributed by atoms with Crippen LogP contribution in [0, 0.1) is 0 Å². The first kappa shape index (κ1) is 13.6. The third-order valence-electron chi connectivity index (χ3n) is 3.35. The minimum absolute atomic E-state index is 0.227. The van der Waals surface area contributed by atoms with E-state index in [1.807, 2.05) is 18.2 Å². The minimum atomic E-state index is 0.227. The van der Waals surface area contributed by atoms with Crippen molar-refractivity contribution in [2.75, 3.05) is 0 Å². The summed E-state index contributed by atoms with van der Waals surface area (Å²) in [7, 11) is 0. The molecule has 1 N–H and O–H groups in total. The van der Waals surface area contributed by atoms with Crippen molar-refractivity contribution in [3.8, 4) is 0 Å². The summed E-state index contributed by atoms with van der Waals surface area (Å²) in [5, 5.41) is 13.0. The van der Waals surface area contributed by atoms with Crippen LogP contribution in [0.4, 0.5) is 0 Å². The highest BCUT2D eigenvalue weighted by atomic mass is 32.2. The average molecular weight is 304 g/mol. The fraction of sp³-hybridized carbons (Fsp3) is 0.333. The van der Waals surface area contributed by atoms with Gasteiger partial charge in [0.1, 0.15) is 0 Å². The minimum Gasteiger partial charge on any atom is -0.411 e. The molecule has 20 heavy (non-hydrogen) atoms. The smallest absolute Gasteiger partial charge is 0.151 e. The van der Waals surface area contributed by atoms with Gasteiger partial charge in [0.05, 0.1) is 21.2 Å². The first-order chi connectivity index (χ1) is 9.86. The molecule has 0 amide bonds. The molecule has 1 aliphatic rings. The molecule has 0 fully saturated rings. The van der Waals surface area contributed by atoms with Crippen LogP contribution in [0.2, 0.25) is 0 Å². The molecule has 1 aromatic heterocycles. The Labute approximate surface area is 126 Å². The van der Waals surface area contributed by atoms with Crippen molar-refractivity contribution in [1.82, 2.24) is 4.98 Å². The fourth-order valence-corrected chi connectivity index (χ4v) is 4.76. The summed E-state index contributed by atoms with van der Waals surface area (Å²) in [5.74, 6) is 0. The molecule has 0 bridgehead atoms. The van der Waals surface area contributed by atoms with Gasteiger partial charge in [-0.3, -0.25) is 0 Å². The van der Waals surface area contributed by atoms with Crippen LogP contribution in [0.3, 0.4) is 0 Å². The molecule has 1 aromatic carbocycles. The number of thioether (sulfide) groups is 1. The van der Waals surface area contributed by atoms with Gasteiger partial charge in [0, 0.05) is 0 Å². The molecule has 0 aliphatic heterocycles. The number of para-hydroxylation sites is 1. The lowest BCUT2D eigenvalue weighted by Gasteiger charge is -2.17. The van der Waals surface area contributed by atoms with Gasteiger partial charge in [0.25, 0.3) is 0 Å². The van der Waals surface area contributed by atoms with Crippen LogP contribution in [0.25, 0.3) is 10.2 Å². The molecular formula is C15H16N2OS2. The topological polar surface area (TPSA) is 45.5 Å². The van der Waals surface area contributed by atoms with E-state index in [1.165, 1.54) is 4.70 Å². The molecule has 104 valence electrons. The summed E-state index contributed by atoms with van der Waals surface area (Å²) in [4.78, 5) is 4.66. The van der Waals surface area contributed by atoms with E-state index in [-0.39, 0.29) is 5.25 Å². The Bertz CT molecular complexity index is 615. The summed E-state index contributed by atoms with van der Waals surface area (Å²) in [6, 6.07) is 8.19. The van der Waals surface area contributed by atoms with Crippen molar-refractivity contribution in [3.05, 3.63) is 36.4 Å². The lowest BCUT2D eigenvalue weighted by Crippen LogP contribution is -2.18. The van der Waals surface area contributed by atoms with Crippen molar-refractivity contribution in [2.45, 2.75) is 35.3 Å². The van der Waals surface area contributed by atoms with Gasteiger partial charge < -0.3 is 5.21 Å². The van der Waals surface area contributed by atoms with Crippen LogP contribution in [-0.4, -0.2) is 21.2 Å². The van der Waals surface area contributed by atoms with E-state index >= 15 is 0 Å². The molecule has 0 saturated heterocycles. The molecule has 0 saturated carbocycles. The van der Waals surface area contributed by atoms with E-state index in [0.29, 0.717) is 0 Å². The van der Waals surface area contributed by atoms with Gasteiger partial charge in [-0.25, -0.2) is 4.98 Å². The van der Waals surface area contributed by atoms with Crippen molar-refractivity contribution in [2.24, 2.45) is 5.16 Å². The Hall–Kier alpha value is -1.33. The number of allylic oxidation sites excluding steroid dienone is 2. The van der Waals surface area contributed by atoms with Gasteiger partial charge in [-0.05, 0) is 37.8 Å². The van der Waals surface area contributed by atoms with E-state index in [2.05, 4.69) is 28.4 Å². The number of aromatic nitrogens is 1. The lowest BCUT2D eigenvalue weighted by atomic mass is 10.0. The lowest BCUT2D eigenvalue weighted by molar-refractivity contribution is 0.316. The Kier molecular flexibility index (Phi) is 4.38. The summed E-state index contributed by atoms with van der Waals surface area (Å²) >= 11 is 3.44. The van der Waals surface area contributed by atoms with Crippen LogP contribution in [-0.2, 0) is 0 Å². The third-order valence-corrected chi connectivity index (χ3v) is 5.80. The maximum Gasteiger partial charge on any atom is 0.151 e. The van der Waals surface area contributed by atoms with Crippen LogP contribution in [0.15, 0.2) is 45.9 Å². The predicted octanol–water partition coefficient (Wildman–Crippen LogP) is 4.72. The number of oxime groups is 1. The number of fused-ring (bicyclic) bond motifs is 1. The average Bonchev–Trinajstić information content (AvgIpc) is 2.84. The van der Waals surface area contributed by atoms with Crippen molar-refractivity contribution >= 4 is 39.0 Å². The van der Waals surface area contributed by atoms with Gasteiger partial charge in [0.15, 0.2) is 4.34 Å². The molecule has 1 heterocycles. The van der Waals surface area contributed by atoms with Crippen LogP contribution in [0.1, 0.15) is 25.7 Å². The van der Waals surface area contributed by atoms with Crippen LogP contribution >= 0.6 is 23.1 Å². The predicted molar refractivity (Wildman–Crippen MR) is 86.1 cm³/mol. The maximum atomic E-state index is 9.23. The monoisotopic (exact) mass is 304 g/mol. The number of nitrogens with zero attached hydrogens (tertiary/aromatic N) is 2. The Morgan fingerprint density at radius 1 is 1.25 bits per heavy atom. The Morgan fingerprint density at radius 3 is 2.95 bits per heavy atom. The van der Waals surface area contributed by atoms with Crippen molar-refractivity contribution < 1.29 is 5.21 Å². The zero-order chi connectivity index (χ0) is 13.8. The maximum absolute atomic E-state index is 9.23. The summed E-state index contributed by atoms with van der Waals surface area (Å²) in [6.45, 7) is 0. The second-order valence-corrected chi connectivity index (χ2v) is 7.21. The van der Waals surface area contributed by atoms with Crippen molar-refractivity contribution in [1.29, 1.82) is 0 Å². The summed E-state index contributed by atoms with van der Waals surface area (Å²) in [5.41, 5.74) is 1.94. The van der Waals surface area contributed by atoms with Crippen LogP contribution < -0.4 is 0 Å². The Morgan fingerprint density at radius 2 is 2.10 bits per heavy atom. The Balaban J connectivity index is 1.82. The zero-order valence-electron chi connectivity index (χ0n) is 11.0. The molecule has 3 nitrogen and oxygen atoms in total. The second kappa shape index (κ2) is 6.41. The van der Waals surface area contributed by atoms with E-state index < -0.39 is 0 Å². The van der Waals surface area contributed by atoms with Gasteiger partial charge in [0.2, 0.25) is 0 Å². The molecule has 2 aromatic rings. The molecule has 0 radical (unpaired) electrons. The normalized spacial score (nSPS) is 22.0. The molecular weight excluding hydrogens is 288 g/mol. The largest absolute Gasteiger partial charge is 0.411 e. The fourth-order valence-electron chi connectivity index (χ4n) is 2.31. The number of benzene rings is 1. The van der Waals surface area contributed by atoms with Gasteiger partial charge in [-0.15, -0.1) is 11.3 Å². The number of hydrogen-bond acceptors (Lipinski definition) is 5. The molecule has 5 heteroatoms. The SMILES string of the molecule is ON=C1CCC=CCCC1Sc1nc2ccccc2s1. The first-order valence-electron chi connectivity index (χ1n) is 6.75. The zero-order valence-corrected chi connectivity index (χ0v) is 12.7. The highest BCUT2D eigenvalue weighted by Crippen LogP contribution is 2.35. The highest BCUT2D eigenvalue weighted by Gasteiger charge is 2.20. The summed E-state index contributed by atoms with van der Waals surface area (Å²) in [6.07, 6.45) is 8.20. The van der Waals surface area contributed by atoms with E-state index in [1.54, 1.807) is 23.1 Å². The molecule has 0 spiro atoms. The van der Waals surface area contributed by atoms with Crippen LogP contribution in [0.5, 0.6) is 0 Å². The highest BCUT2D eigenvalue weighted by molar-refractivity contribution is 8.02. The number of hydrogen-bond donors (Lipinski definition) is 1. The quantitative estimate of drug-likeness (QED) is 0.496. The third kappa shape index (κ3) is 3.04. The molecule has 1 unspecified atom stereocenters. The van der Waals surface area contributed by atoms with Gasteiger partial charge >= 0.3 is 0 Å². The molecule has 3 rings (SSSR count). The standard InChI is InChI=1S/C15H16N2OS2/c18-17-12-8-3-1-2-4-9-14(12)20-15-16-11-7-5-6-10-13(11)19-15/h1-2,5-7,10,14,18H,3-4,8-9H2. The van der Waals surface area contributed by atoms with Gasteiger partial charge in [-0.1, -0.05) is 41.2 Å². The van der Waals surface area contributed by atoms with E-state index in [9.17, 15) is 5.21 Å². The van der Waals surface area contributed by atoms with E-state index in [4.69, 9.17) is 0 Å². The molecule has 1 aliphatic carbocycles. The second-order valence-electron chi connectivity index (χ2n) is 4.73. The van der Waals surface area contributed by atoms with Crippen molar-refractivity contribution in [3.63, 3.8) is 0 Å². The first-order valence-corrected chi connectivity index (χ1v) is 8.44. The number of rotatable bonds is 2. The van der Waals surface area contributed by atoms with E-state index in [0.717, 1.165) is 41.3 Å². The molecule has 1 atom stereocenters.